The Hall–Kier alpha value is -2.32. The van der Waals surface area contributed by atoms with Crippen LogP contribution in [0.25, 0.3) is 0 Å². The minimum absolute atomic E-state index is 0.211. The summed E-state index contributed by atoms with van der Waals surface area (Å²) in [7, 11) is 1.61. The summed E-state index contributed by atoms with van der Waals surface area (Å²) in [5.74, 6) is -1.30. The van der Waals surface area contributed by atoms with E-state index < -0.39 is 17.5 Å². The van der Waals surface area contributed by atoms with Crippen molar-refractivity contribution in [2.75, 3.05) is 7.05 Å². The lowest BCUT2D eigenvalue weighted by molar-refractivity contribution is -0.183. The van der Waals surface area contributed by atoms with Gasteiger partial charge in [0, 0.05) is 19.9 Å². The number of halogens is 1. The number of ether oxygens (including phenoxy) is 4. The number of nitrogens with one attached hydrogen (secondary N) is 1. The number of likely N-dealkylation sites (N-methyl/N-ethyl adjacent to an activating group) is 1. The molecule has 178 valence electrons. The van der Waals surface area contributed by atoms with Gasteiger partial charge in [-0.05, 0) is 44.0 Å². The standard InChI is InChI=1S/C26H32FNO5/c1-17-6-5-7-19(12-17)16-31-26(24(29)28-4)13-21(23-22(14-26)32-25(2,3)33-23)30-15-18-8-10-20(27)11-9-18/h5-12,21-23H,13-16H2,1-4H3,(H,28,29)/t21?,22-,23+,26-/m1/s1. The lowest BCUT2D eigenvalue weighted by atomic mass is 9.78. The molecule has 7 heteroatoms. The van der Waals surface area contributed by atoms with Gasteiger partial charge in [0.25, 0.3) is 5.91 Å². The fraction of sp³-hybridized carbons (Fsp3) is 0.500. The molecule has 1 saturated heterocycles. The summed E-state index contributed by atoms with van der Waals surface area (Å²) in [6, 6.07) is 14.2. The van der Waals surface area contributed by atoms with Crippen LogP contribution in [-0.2, 0) is 37.0 Å². The molecule has 2 fully saturated rings. The molecule has 1 heterocycles. The molecular weight excluding hydrogens is 425 g/mol. The highest BCUT2D eigenvalue weighted by Crippen LogP contribution is 2.44. The van der Waals surface area contributed by atoms with Crippen LogP contribution >= 0.6 is 0 Å². The zero-order valence-electron chi connectivity index (χ0n) is 19.6. The summed E-state index contributed by atoms with van der Waals surface area (Å²) in [6.45, 7) is 6.30. The van der Waals surface area contributed by atoms with Gasteiger partial charge in [0.1, 0.15) is 11.9 Å². The van der Waals surface area contributed by atoms with Crippen molar-refractivity contribution in [3.05, 3.63) is 71.0 Å². The van der Waals surface area contributed by atoms with Crippen LogP contribution in [-0.4, -0.2) is 42.7 Å². The molecule has 1 aliphatic heterocycles. The fourth-order valence-electron chi connectivity index (χ4n) is 4.74. The van der Waals surface area contributed by atoms with Crippen molar-refractivity contribution >= 4 is 5.91 Å². The summed E-state index contributed by atoms with van der Waals surface area (Å²) >= 11 is 0. The maximum atomic E-state index is 13.3. The number of amides is 1. The first-order valence-electron chi connectivity index (χ1n) is 11.3. The van der Waals surface area contributed by atoms with E-state index in [1.807, 2.05) is 45.0 Å². The van der Waals surface area contributed by atoms with Crippen molar-refractivity contribution in [1.82, 2.24) is 5.32 Å². The van der Waals surface area contributed by atoms with Crippen LogP contribution in [0.5, 0.6) is 0 Å². The molecule has 2 aromatic rings. The molecule has 6 nitrogen and oxygen atoms in total. The van der Waals surface area contributed by atoms with Crippen molar-refractivity contribution in [3.63, 3.8) is 0 Å². The van der Waals surface area contributed by atoms with Gasteiger partial charge in [-0.15, -0.1) is 0 Å². The minimum Gasteiger partial charge on any atom is -0.371 e. The smallest absolute Gasteiger partial charge is 0.252 e. The van der Waals surface area contributed by atoms with Gasteiger partial charge in [0.15, 0.2) is 11.4 Å². The molecule has 0 radical (unpaired) electrons. The van der Waals surface area contributed by atoms with Crippen LogP contribution in [0.15, 0.2) is 48.5 Å². The van der Waals surface area contributed by atoms with E-state index in [4.69, 9.17) is 18.9 Å². The van der Waals surface area contributed by atoms with E-state index in [1.165, 1.54) is 12.1 Å². The zero-order valence-corrected chi connectivity index (χ0v) is 19.6. The van der Waals surface area contributed by atoms with E-state index >= 15 is 0 Å². The van der Waals surface area contributed by atoms with Crippen LogP contribution in [0.4, 0.5) is 4.39 Å². The first-order valence-corrected chi connectivity index (χ1v) is 11.3. The predicted molar refractivity (Wildman–Crippen MR) is 121 cm³/mol. The average Bonchev–Trinajstić information content (AvgIpc) is 3.10. The lowest BCUT2D eigenvalue weighted by Crippen LogP contribution is -2.59. The number of hydrogen-bond acceptors (Lipinski definition) is 5. The number of aryl methyl sites for hydroxylation is 1. The highest BCUT2D eigenvalue weighted by molar-refractivity contribution is 5.85. The van der Waals surface area contributed by atoms with E-state index in [-0.39, 0.29) is 30.5 Å². The molecule has 2 aliphatic rings. The summed E-state index contributed by atoms with van der Waals surface area (Å²) in [5, 5.41) is 2.77. The summed E-state index contributed by atoms with van der Waals surface area (Å²) in [5.41, 5.74) is 1.83. The number of rotatable bonds is 7. The first kappa shape index (κ1) is 23.8. The Balaban J connectivity index is 1.57. The second-order valence-corrected chi connectivity index (χ2v) is 9.37. The quantitative estimate of drug-likeness (QED) is 0.680. The van der Waals surface area contributed by atoms with Crippen LogP contribution in [0, 0.1) is 12.7 Å². The molecule has 0 spiro atoms. The first-order chi connectivity index (χ1) is 15.7. The summed E-state index contributed by atoms with van der Waals surface area (Å²) in [4.78, 5) is 13.2. The third kappa shape index (κ3) is 5.44. The van der Waals surface area contributed by atoms with E-state index in [0.717, 1.165) is 16.7 Å². The van der Waals surface area contributed by atoms with Crippen molar-refractivity contribution in [1.29, 1.82) is 0 Å². The zero-order chi connectivity index (χ0) is 23.6. The van der Waals surface area contributed by atoms with Crippen LogP contribution in [0.1, 0.15) is 43.4 Å². The predicted octanol–water partition coefficient (Wildman–Crippen LogP) is 4.03. The SMILES string of the molecule is CNC(=O)[C@@]1(OCc2cccc(C)c2)CC(OCc2ccc(F)cc2)[C@@H]2OC(C)(C)O[C@@H]2C1. The average molecular weight is 458 g/mol. The van der Waals surface area contributed by atoms with Crippen LogP contribution < -0.4 is 5.32 Å². The van der Waals surface area contributed by atoms with Gasteiger partial charge in [-0.2, -0.15) is 0 Å². The fourth-order valence-corrected chi connectivity index (χ4v) is 4.74. The van der Waals surface area contributed by atoms with Crippen LogP contribution in [0.3, 0.4) is 0 Å². The number of fused-ring (bicyclic) bond motifs is 1. The second kappa shape index (κ2) is 9.50. The molecule has 1 unspecified atom stereocenters. The Morgan fingerprint density at radius 1 is 1.09 bits per heavy atom. The normalized spacial score (nSPS) is 28.3. The second-order valence-electron chi connectivity index (χ2n) is 9.37. The largest absolute Gasteiger partial charge is 0.371 e. The molecule has 1 saturated carbocycles. The molecule has 0 bridgehead atoms. The Labute approximate surface area is 194 Å². The van der Waals surface area contributed by atoms with E-state index in [2.05, 4.69) is 5.32 Å². The molecule has 1 N–H and O–H groups in total. The van der Waals surface area contributed by atoms with Gasteiger partial charge in [-0.25, -0.2) is 4.39 Å². The molecule has 1 amide bonds. The number of benzene rings is 2. The topological polar surface area (TPSA) is 66.0 Å². The van der Waals surface area contributed by atoms with Crippen molar-refractivity contribution in [2.45, 2.75) is 76.5 Å². The molecule has 33 heavy (non-hydrogen) atoms. The maximum absolute atomic E-state index is 13.3. The molecule has 4 rings (SSSR count). The number of carbonyl (C=O) groups is 1. The summed E-state index contributed by atoms with van der Waals surface area (Å²) < 4.78 is 38.2. The van der Waals surface area contributed by atoms with Crippen molar-refractivity contribution in [2.24, 2.45) is 0 Å². The molecular formula is C26H32FNO5. The van der Waals surface area contributed by atoms with Gasteiger partial charge >= 0.3 is 0 Å². The summed E-state index contributed by atoms with van der Waals surface area (Å²) in [6.07, 6.45) is -0.448. The Morgan fingerprint density at radius 2 is 1.85 bits per heavy atom. The van der Waals surface area contributed by atoms with Crippen molar-refractivity contribution in [3.8, 4) is 0 Å². The maximum Gasteiger partial charge on any atom is 0.252 e. The molecule has 0 aromatic heterocycles. The minimum atomic E-state index is -1.13. The Bertz CT molecular complexity index is 979. The van der Waals surface area contributed by atoms with Gasteiger partial charge in [0.05, 0.1) is 25.4 Å². The monoisotopic (exact) mass is 457 g/mol. The highest BCUT2D eigenvalue weighted by Gasteiger charge is 2.57. The number of hydrogen-bond donors (Lipinski definition) is 1. The third-order valence-corrected chi connectivity index (χ3v) is 6.27. The van der Waals surface area contributed by atoms with Crippen molar-refractivity contribution < 1.29 is 28.1 Å². The lowest BCUT2D eigenvalue weighted by Gasteiger charge is -2.43. The Kier molecular flexibility index (Phi) is 6.86. The molecule has 4 atom stereocenters. The van der Waals surface area contributed by atoms with E-state index in [0.29, 0.717) is 19.4 Å². The van der Waals surface area contributed by atoms with Gasteiger partial charge in [-0.1, -0.05) is 42.0 Å². The molecule has 2 aromatic carbocycles. The van der Waals surface area contributed by atoms with E-state index in [1.54, 1.807) is 19.2 Å². The third-order valence-electron chi connectivity index (χ3n) is 6.27. The Morgan fingerprint density at radius 3 is 2.55 bits per heavy atom. The highest BCUT2D eigenvalue weighted by atomic mass is 19.1. The van der Waals surface area contributed by atoms with E-state index in [9.17, 15) is 9.18 Å². The van der Waals surface area contributed by atoms with Gasteiger partial charge in [-0.3, -0.25) is 4.79 Å². The van der Waals surface area contributed by atoms with Gasteiger partial charge in [0.2, 0.25) is 0 Å². The molecule has 1 aliphatic carbocycles. The van der Waals surface area contributed by atoms with Crippen LogP contribution in [0.2, 0.25) is 0 Å². The van der Waals surface area contributed by atoms with Gasteiger partial charge < -0.3 is 24.3 Å². The number of carbonyl (C=O) groups excluding carboxylic acids is 1.